The number of rotatable bonds is 6. The van der Waals surface area contributed by atoms with Gasteiger partial charge < -0.3 is 4.90 Å². The van der Waals surface area contributed by atoms with Gasteiger partial charge in [0.2, 0.25) is 5.91 Å². The van der Waals surface area contributed by atoms with Crippen LogP contribution in [0.15, 0.2) is 0 Å². The Hall–Kier alpha value is -0.240. The van der Waals surface area contributed by atoms with Crippen molar-refractivity contribution in [3.8, 4) is 0 Å². The van der Waals surface area contributed by atoms with Gasteiger partial charge >= 0.3 is 0 Å². The fraction of sp³-hybridized carbons (Fsp3) is 0.900. The highest BCUT2D eigenvalue weighted by Crippen LogP contribution is 2.07. The average molecular weight is 206 g/mol. The zero-order valence-electron chi connectivity index (χ0n) is 8.85. The van der Waals surface area contributed by atoms with Crippen LogP contribution in [0.4, 0.5) is 0 Å². The van der Waals surface area contributed by atoms with Crippen molar-refractivity contribution in [1.29, 1.82) is 0 Å². The Morgan fingerprint density at radius 3 is 2.38 bits per heavy atom. The monoisotopic (exact) mass is 205 g/mol. The number of halogens is 1. The van der Waals surface area contributed by atoms with Crippen LogP contribution in [0.5, 0.6) is 0 Å². The molecule has 0 saturated carbocycles. The molecule has 3 heteroatoms. The van der Waals surface area contributed by atoms with Crippen LogP contribution in [-0.2, 0) is 4.79 Å². The van der Waals surface area contributed by atoms with Crippen molar-refractivity contribution in [3.05, 3.63) is 0 Å². The third-order valence-electron chi connectivity index (χ3n) is 2.10. The van der Waals surface area contributed by atoms with Gasteiger partial charge in [-0.2, -0.15) is 0 Å². The number of carbonyl (C=O) groups is 1. The Balaban J connectivity index is 3.98. The lowest BCUT2D eigenvalue weighted by molar-refractivity contribution is -0.130. The highest BCUT2D eigenvalue weighted by molar-refractivity contribution is 6.30. The quantitative estimate of drug-likeness (QED) is 0.611. The van der Waals surface area contributed by atoms with E-state index in [2.05, 4.69) is 6.92 Å². The summed E-state index contributed by atoms with van der Waals surface area (Å²) in [6.45, 7) is 7.66. The van der Waals surface area contributed by atoms with Crippen molar-refractivity contribution in [1.82, 2.24) is 4.90 Å². The lowest BCUT2D eigenvalue weighted by atomic mass is 10.2. The number of nitrogens with zero attached hydrogens (tertiary/aromatic N) is 1. The van der Waals surface area contributed by atoms with E-state index in [1.165, 1.54) is 0 Å². The number of amides is 1. The summed E-state index contributed by atoms with van der Waals surface area (Å²) in [7, 11) is 0. The molecule has 0 aliphatic heterocycles. The third kappa shape index (κ3) is 4.51. The van der Waals surface area contributed by atoms with E-state index in [4.69, 9.17) is 11.6 Å². The van der Waals surface area contributed by atoms with Gasteiger partial charge in [-0.3, -0.25) is 4.79 Å². The molecule has 0 aliphatic rings. The predicted molar refractivity (Wildman–Crippen MR) is 57.1 cm³/mol. The van der Waals surface area contributed by atoms with Gasteiger partial charge in [-0.05, 0) is 19.8 Å². The molecule has 13 heavy (non-hydrogen) atoms. The number of carbonyl (C=O) groups excluding carboxylic acids is 1. The Morgan fingerprint density at radius 2 is 2.00 bits per heavy atom. The number of unbranched alkanes of at least 4 members (excludes halogenated alkanes) is 1. The van der Waals surface area contributed by atoms with E-state index >= 15 is 0 Å². The van der Waals surface area contributed by atoms with Crippen LogP contribution < -0.4 is 0 Å². The summed E-state index contributed by atoms with van der Waals surface area (Å²) < 4.78 is 0. The number of hydrogen-bond acceptors (Lipinski definition) is 1. The van der Waals surface area contributed by atoms with Gasteiger partial charge in [-0.25, -0.2) is 0 Å². The van der Waals surface area contributed by atoms with Crippen LogP contribution in [0.2, 0.25) is 0 Å². The first-order chi connectivity index (χ1) is 6.17. The molecule has 0 aromatic heterocycles. The maximum atomic E-state index is 11.6. The molecular formula is C10H20ClNO. The molecule has 0 aliphatic carbocycles. The molecule has 0 N–H and O–H groups in total. The lowest BCUT2D eigenvalue weighted by Gasteiger charge is -2.22. The van der Waals surface area contributed by atoms with E-state index in [1.807, 2.05) is 18.7 Å². The molecule has 0 bridgehead atoms. The maximum Gasteiger partial charge on any atom is 0.240 e. The molecule has 1 amide bonds. The molecule has 78 valence electrons. The maximum absolute atomic E-state index is 11.6. The lowest BCUT2D eigenvalue weighted by Crippen LogP contribution is -2.37. The fourth-order valence-corrected chi connectivity index (χ4v) is 1.28. The van der Waals surface area contributed by atoms with E-state index in [0.29, 0.717) is 6.42 Å². The van der Waals surface area contributed by atoms with Crippen LogP contribution in [0.3, 0.4) is 0 Å². The molecule has 0 radical (unpaired) electrons. The highest BCUT2D eigenvalue weighted by Gasteiger charge is 2.18. The normalized spacial score (nSPS) is 12.6. The Morgan fingerprint density at radius 1 is 1.38 bits per heavy atom. The first-order valence-corrected chi connectivity index (χ1v) is 5.53. The standard InChI is InChI=1S/C10H20ClNO/c1-4-7-8-12(6-3)10(13)9(11)5-2/h9H,4-8H2,1-3H3/t9-/m0/s1. The molecule has 0 aromatic carbocycles. The minimum absolute atomic E-state index is 0.0834. The van der Waals surface area contributed by atoms with Crippen molar-refractivity contribution in [2.45, 2.75) is 45.4 Å². The molecule has 0 fully saturated rings. The van der Waals surface area contributed by atoms with Gasteiger partial charge in [-0.1, -0.05) is 20.3 Å². The van der Waals surface area contributed by atoms with Crippen molar-refractivity contribution >= 4 is 17.5 Å². The van der Waals surface area contributed by atoms with Gasteiger partial charge in [0, 0.05) is 13.1 Å². The molecule has 0 rings (SSSR count). The summed E-state index contributed by atoms with van der Waals surface area (Å²) in [5.41, 5.74) is 0. The average Bonchev–Trinajstić information content (AvgIpc) is 2.17. The number of hydrogen-bond donors (Lipinski definition) is 0. The molecule has 0 heterocycles. The largest absolute Gasteiger partial charge is 0.342 e. The van der Waals surface area contributed by atoms with Crippen molar-refractivity contribution in [2.24, 2.45) is 0 Å². The van der Waals surface area contributed by atoms with E-state index in [0.717, 1.165) is 25.9 Å². The van der Waals surface area contributed by atoms with Gasteiger partial charge in [0.05, 0.1) is 0 Å². The minimum Gasteiger partial charge on any atom is -0.342 e. The third-order valence-corrected chi connectivity index (χ3v) is 2.60. The topological polar surface area (TPSA) is 20.3 Å². The second-order valence-corrected chi connectivity index (χ2v) is 3.67. The van der Waals surface area contributed by atoms with Gasteiger partial charge in [-0.15, -0.1) is 11.6 Å². The van der Waals surface area contributed by atoms with Crippen LogP contribution in [0.25, 0.3) is 0 Å². The summed E-state index contributed by atoms with van der Waals surface area (Å²) in [6.07, 6.45) is 2.89. The molecule has 0 saturated heterocycles. The van der Waals surface area contributed by atoms with Crippen LogP contribution >= 0.6 is 11.6 Å². The Bertz CT molecular complexity index is 150. The molecule has 2 nitrogen and oxygen atoms in total. The van der Waals surface area contributed by atoms with Crippen molar-refractivity contribution < 1.29 is 4.79 Å². The van der Waals surface area contributed by atoms with Gasteiger partial charge in [0.25, 0.3) is 0 Å². The summed E-state index contributed by atoms with van der Waals surface area (Å²) >= 11 is 5.88. The fourth-order valence-electron chi connectivity index (χ4n) is 1.15. The van der Waals surface area contributed by atoms with Crippen molar-refractivity contribution in [3.63, 3.8) is 0 Å². The van der Waals surface area contributed by atoms with E-state index in [1.54, 1.807) is 0 Å². The zero-order valence-corrected chi connectivity index (χ0v) is 9.60. The molecule has 0 spiro atoms. The smallest absolute Gasteiger partial charge is 0.240 e. The summed E-state index contributed by atoms with van der Waals surface area (Å²) in [5, 5.41) is -0.336. The first kappa shape index (κ1) is 12.8. The Kier molecular flexibility index (Phi) is 7.06. The molecule has 0 aromatic rings. The Labute approximate surface area is 86.2 Å². The van der Waals surface area contributed by atoms with Crippen LogP contribution in [-0.4, -0.2) is 29.3 Å². The van der Waals surface area contributed by atoms with E-state index < -0.39 is 0 Å². The van der Waals surface area contributed by atoms with Crippen LogP contribution in [0, 0.1) is 0 Å². The molecule has 0 unspecified atom stereocenters. The first-order valence-electron chi connectivity index (χ1n) is 5.10. The number of alkyl halides is 1. The summed E-state index contributed by atoms with van der Waals surface area (Å²) in [5.74, 6) is 0.0834. The molecule has 1 atom stereocenters. The highest BCUT2D eigenvalue weighted by atomic mass is 35.5. The van der Waals surface area contributed by atoms with E-state index in [9.17, 15) is 4.79 Å². The second-order valence-electron chi connectivity index (χ2n) is 3.15. The SMILES string of the molecule is CCCCN(CC)C(=O)[C@@H](Cl)CC. The predicted octanol–water partition coefficient (Wildman–Crippen LogP) is 2.65. The molecular weight excluding hydrogens is 186 g/mol. The van der Waals surface area contributed by atoms with Crippen LogP contribution in [0.1, 0.15) is 40.0 Å². The van der Waals surface area contributed by atoms with Crippen molar-refractivity contribution in [2.75, 3.05) is 13.1 Å². The zero-order chi connectivity index (χ0) is 10.3. The summed E-state index contributed by atoms with van der Waals surface area (Å²) in [6, 6.07) is 0. The van der Waals surface area contributed by atoms with Gasteiger partial charge in [0.15, 0.2) is 0 Å². The van der Waals surface area contributed by atoms with E-state index in [-0.39, 0.29) is 11.3 Å². The minimum atomic E-state index is -0.336. The second kappa shape index (κ2) is 7.19. The summed E-state index contributed by atoms with van der Waals surface area (Å²) in [4.78, 5) is 13.4. The van der Waals surface area contributed by atoms with Gasteiger partial charge in [0.1, 0.15) is 5.38 Å².